The minimum atomic E-state index is -1.99. The summed E-state index contributed by atoms with van der Waals surface area (Å²) in [5, 5.41) is 9.22. The maximum Gasteiger partial charge on any atom is 0.336 e. The van der Waals surface area contributed by atoms with Crippen LogP contribution in [0.15, 0.2) is 12.1 Å². The third-order valence-corrected chi connectivity index (χ3v) is 8.25. The molecule has 0 saturated carbocycles. The Hall–Kier alpha value is -1.49. The lowest BCUT2D eigenvalue weighted by Gasteiger charge is -2.36. The molecule has 112 valence electrons. The molecule has 0 aliphatic rings. The van der Waals surface area contributed by atoms with Gasteiger partial charge in [-0.2, -0.15) is 0 Å². The number of aryl methyl sites for hydroxylation is 1. The topological polar surface area (TPSA) is 55.8 Å². The van der Waals surface area contributed by atoms with Crippen LogP contribution in [0.3, 0.4) is 0 Å². The fourth-order valence-corrected chi connectivity index (χ4v) is 2.57. The Kier molecular flexibility index (Phi) is 4.54. The molecular formula is C15H24O4Si. The summed E-state index contributed by atoms with van der Waals surface area (Å²) in [5.74, 6) is 0.138. The van der Waals surface area contributed by atoms with Crippen molar-refractivity contribution in [2.45, 2.75) is 45.8 Å². The lowest BCUT2D eigenvalue weighted by atomic mass is 10.1. The van der Waals surface area contributed by atoms with E-state index in [4.69, 9.17) is 14.3 Å². The van der Waals surface area contributed by atoms with Crippen molar-refractivity contribution in [2.75, 3.05) is 7.11 Å². The molecule has 1 rings (SSSR count). The van der Waals surface area contributed by atoms with Crippen LogP contribution in [-0.2, 0) is 0 Å². The number of carbonyl (C=O) groups is 1. The van der Waals surface area contributed by atoms with Crippen LogP contribution in [0.4, 0.5) is 0 Å². The summed E-state index contributed by atoms with van der Waals surface area (Å²) < 4.78 is 11.5. The average Bonchev–Trinajstić information content (AvgIpc) is 2.26. The number of methoxy groups -OCH3 is 1. The molecule has 1 N–H and O–H groups in total. The molecule has 0 bridgehead atoms. The number of hydrogen-bond acceptors (Lipinski definition) is 3. The molecule has 5 heteroatoms. The van der Waals surface area contributed by atoms with Crippen LogP contribution >= 0.6 is 0 Å². The molecule has 0 unspecified atom stereocenters. The third-order valence-electron chi connectivity index (χ3n) is 3.91. The van der Waals surface area contributed by atoms with Gasteiger partial charge >= 0.3 is 5.97 Å². The number of benzene rings is 1. The van der Waals surface area contributed by atoms with Crippen LogP contribution in [0.2, 0.25) is 18.1 Å². The summed E-state index contributed by atoms with van der Waals surface area (Å²) in [6.07, 6.45) is 0. The van der Waals surface area contributed by atoms with Crippen molar-refractivity contribution >= 4 is 14.3 Å². The minimum Gasteiger partial charge on any atom is -0.541 e. The maximum atomic E-state index is 11.2. The summed E-state index contributed by atoms with van der Waals surface area (Å²) in [7, 11) is -0.466. The summed E-state index contributed by atoms with van der Waals surface area (Å²) in [4.78, 5) is 11.2. The highest BCUT2D eigenvalue weighted by Gasteiger charge is 2.39. The molecule has 0 aromatic heterocycles. The smallest absolute Gasteiger partial charge is 0.336 e. The SMILES string of the molecule is COc1cc(C(=O)O)c(C)cc1O[Si](C)(C)C(C)(C)C. The van der Waals surface area contributed by atoms with E-state index in [0.717, 1.165) is 0 Å². The van der Waals surface area contributed by atoms with Gasteiger partial charge in [0.2, 0.25) is 0 Å². The molecule has 0 saturated heterocycles. The molecule has 0 amide bonds. The molecule has 0 aliphatic heterocycles. The molecule has 0 aliphatic carbocycles. The Balaban J connectivity index is 3.26. The maximum absolute atomic E-state index is 11.2. The fraction of sp³-hybridized carbons (Fsp3) is 0.533. The van der Waals surface area contributed by atoms with Gasteiger partial charge in [-0.25, -0.2) is 4.79 Å². The van der Waals surface area contributed by atoms with E-state index in [2.05, 4.69) is 33.9 Å². The van der Waals surface area contributed by atoms with Gasteiger partial charge in [-0.05, 0) is 42.8 Å². The molecule has 4 nitrogen and oxygen atoms in total. The lowest BCUT2D eigenvalue weighted by molar-refractivity contribution is 0.0695. The number of ether oxygens (including phenoxy) is 1. The Morgan fingerprint density at radius 2 is 1.75 bits per heavy atom. The molecule has 0 heterocycles. The van der Waals surface area contributed by atoms with Crippen molar-refractivity contribution in [2.24, 2.45) is 0 Å². The van der Waals surface area contributed by atoms with Crippen molar-refractivity contribution in [1.29, 1.82) is 0 Å². The molecule has 0 atom stereocenters. The van der Waals surface area contributed by atoms with Crippen LogP contribution in [0.1, 0.15) is 36.7 Å². The highest BCUT2D eigenvalue weighted by atomic mass is 28.4. The summed E-state index contributed by atoms with van der Waals surface area (Å²) >= 11 is 0. The molecule has 20 heavy (non-hydrogen) atoms. The number of rotatable bonds is 4. The quantitative estimate of drug-likeness (QED) is 0.850. The summed E-state index contributed by atoms with van der Waals surface area (Å²) in [6.45, 7) is 12.5. The second-order valence-corrected chi connectivity index (χ2v) is 11.2. The van der Waals surface area contributed by atoms with Crippen LogP contribution in [0, 0.1) is 6.92 Å². The number of carboxylic acids is 1. The van der Waals surface area contributed by atoms with Gasteiger partial charge in [0.1, 0.15) is 5.75 Å². The van der Waals surface area contributed by atoms with E-state index < -0.39 is 14.3 Å². The number of aromatic carboxylic acids is 1. The molecule has 0 spiro atoms. The fourth-order valence-electron chi connectivity index (χ4n) is 1.56. The van der Waals surface area contributed by atoms with Crippen molar-refractivity contribution in [3.63, 3.8) is 0 Å². The second kappa shape index (κ2) is 5.48. The van der Waals surface area contributed by atoms with Gasteiger partial charge in [0.15, 0.2) is 5.75 Å². The first-order chi connectivity index (χ1) is 8.99. The summed E-state index contributed by atoms with van der Waals surface area (Å²) in [6, 6.07) is 3.28. The lowest BCUT2D eigenvalue weighted by Crippen LogP contribution is -2.44. The van der Waals surface area contributed by atoms with Crippen molar-refractivity contribution in [1.82, 2.24) is 0 Å². The molecule has 0 fully saturated rings. The largest absolute Gasteiger partial charge is 0.541 e. The van der Waals surface area contributed by atoms with Gasteiger partial charge < -0.3 is 14.3 Å². The van der Waals surface area contributed by atoms with Crippen LogP contribution in [0.25, 0.3) is 0 Å². The highest BCUT2D eigenvalue weighted by molar-refractivity contribution is 6.74. The monoisotopic (exact) mass is 296 g/mol. The zero-order valence-corrected chi connectivity index (χ0v) is 14.3. The first-order valence-corrected chi connectivity index (χ1v) is 9.51. The van der Waals surface area contributed by atoms with E-state index in [-0.39, 0.29) is 10.6 Å². The zero-order valence-electron chi connectivity index (χ0n) is 13.3. The van der Waals surface area contributed by atoms with E-state index in [1.165, 1.54) is 13.2 Å². The van der Waals surface area contributed by atoms with Gasteiger partial charge in [0, 0.05) is 0 Å². The van der Waals surface area contributed by atoms with Crippen LogP contribution in [0.5, 0.6) is 11.5 Å². The van der Waals surface area contributed by atoms with Crippen molar-refractivity contribution < 1.29 is 19.1 Å². The predicted octanol–water partition coefficient (Wildman–Crippen LogP) is 4.09. The van der Waals surface area contributed by atoms with Crippen LogP contribution in [-0.4, -0.2) is 26.5 Å². The van der Waals surface area contributed by atoms with E-state index in [0.29, 0.717) is 17.1 Å². The van der Waals surface area contributed by atoms with E-state index >= 15 is 0 Å². The Morgan fingerprint density at radius 3 is 2.15 bits per heavy atom. The minimum absolute atomic E-state index is 0.0669. The first kappa shape index (κ1) is 16.6. The third kappa shape index (κ3) is 3.33. The van der Waals surface area contributed by atoms with Gasteiger partial charge in [-0.1, -0.05) is 20.8 Å². The average molecular weight is 296 g/mol. The normalized spacial score (nSPS) is 12.2. The van der Waals surface area contributed by atoms with E-state index in [1.807, 2.05) is 0 Å². The number of hydrogen-bond donors (Lipinski definition) is 1. The van der Waals surface area contributed by atoms with Gasteiger partial charge in [0.25, 0.3) is 8.32 Å². The standard InChI is InChI=1S/C15H24O4Si/c1-10-8-13(19-20(6,7)15(2,3)4)12(18-5)9-11(10)14(16)17/h8-9H,1-7H3,(H,16,17). The van der Waals surface area contributed by atoms with Crippen molar-refractivity contribution in [3.8, 4) is 11.5 Å². The predicted molar refractivity (Wildman–Crippen MR) is 82.5 cm³/mol. The Bertz CT molecular complexity index is 515. The molecule has 1 aromatic rings. The van der Waals surface area contributed by atoms with E-state index in [9.17, 15) is 4.79 Å². The second-order valence-electron chi connectivity index (χ2n) is 6.49. The molecule has 1 aromatic carbocycles. The van der Waals surface area contributed by atoms with Gasteiger partial charge in [0.05, 0.1) is 12.7 Å². The molecular weight excluding hydrogens is 272 g/mol. The highest BCUT2D eigenvalue weighted by Crippen LogP contribution is 2.40. The number of carboxylic acid groups (broad SMARTS) is 1. The zero-order chi connectivity index (χ0) is 15.7. The van der Waals surface area contributed by atoms with Crippen LogP contribution < -0.4 is 9.16 Å². The van der Waals surface area contributed by atoms with Gasteiger partial charge in [-0.15, -0.1) is 0 Å². The summed E-state index contributed by atoms with van der Waals surface area (Å²) in [5.41, 5.74) is 0.913. The Labute approximate surface area is 121 Å². The van der Waals surface area contributed by atoms with Crippen molar-refractivity contribution in [3.05, 3.63) is 23.3 Å². The van der Waals surface area contributed by atoms with E-state index in [1.54, 1.807) is 13.0 Å². The first-order valence-electron chi connectivity index (χ1n) is 6.60. The Morgan fingerprint density at radius 1 is 1.20 bits per heavy atom. The molecule has 0 radical (unpaired) electrons. The van der Waals surface area contributed by atoms with Gasteiger partial charge in [-0.3, -0.25) is 0 Å².